The smallest absolute Gasteiger partial charge is 0.338 e. The lowest BCUT2D eigenvalue weighted by atomic mass is 10.0. The van der Waals surface area contributed by atoms with Crippen molar-refractivity contribution in [3.8, 4) is 0 Å². The molecule has 1 aliphatic heterocycles. The van der Waals surface area contributed by atoms with Crippen molar-refractivity contribution in [2.24, 2.45) is 5.92 Å². The molecule has 1 heterocycles. The fourth-order valence-corrected chi connectivity index (χ4v) is 4.49. The third-order valence-electron chi connectivity index (χ3n) is 5.76. The van der Waals surface area contributed by atoms with Crippen LogP contribution in [0, 0.1) is 5.92 Å². The van der Waals surface area contributed by atoms with Crippen molar-refractivity contribution < 1.29 is 15.8 Å². The summed E-state index contributed by atoms with van der Waals surface area (Å²) < 4.78 is 0. The first-order valence-electron chi connectivity index (χ1n) is 10.5. The van der Waals surface area contributed by atoms with E-state index < -0.39 is 6.04 Å². The molecule has 160 valence electrons. The number of likely N-dealkylation sites (N-methyl/N-ethyl adjacent to an activating group) is 1. The third-order valence-corrected chi connectivity index (χ3v) is 6.55. The van der Waals surface area contributed by atoms with Crippen LogP contribution in [-0.4, -0.2) is 89.9 Å². The van der Waals surface area contributed by atoms with E-state index in [2.05, 4.69) is 10.2 Å². The van der Waals surface area contributed by atoms with E-state index in [1.807, 2.05) is 11.9 Å². The fourth-order valence-electron chi connectivity index (χ4n) is 3.89. The number of nitrogens with zero attached hydrogens (tertiary/aromatic N) is 3. The van der Waals surface area contributed by atoms with Crippen LogP contribution in [0.5, 0.6) is 0 Å². The fraction of sp³-hybridized carbons (Fsp3) is 0.850. The molecule has 28 heavy (non-hydrogen) atoms. The van der Waals surface area contributed by atoms with E-state index in [0.717, 1.165) is 19.5 Å². The number of urea groups is 1. The van der Waals surface area contributed by atoms with Crippen molar-refractivity contribution in [1.29, 1.82) is 0 Å². The number of nitrogens with one attached hydrogen (secondary N) is 1. The van der Waals surface area contributed by atoms with Crippen molar-refractivity contribution in [1.82, 2.24) is 20.0 Å². The van der Waals surface area contributed by atoms with Crippen LogP contribution in [0.25, 0.3) is 0 Å². The summed E-state index contributed by atoms with van der Waals surface area (Å²) in [7, 11) is 2.05. The molecule has 1 atom stereocenters. The van der Waals surface area contributed by atoms with Gasteiger partial charge in [-0.1, -0.05) is 37.4 Å². The van der Waals surface area contributed by atoms with E-state index in [4.69, 9.17) is 0 Å². The first-order valence-corrected chi connectivity index (χ1v) is 11.5. The molecule has 0 spiro atoms. The first-order chi connectivity index (χ1) is 13.4. The quantitative estimate of drug-likeness (QED) is 0.660. The van der Waals surface area contributed by atoms with Crippen LogP contribution in [0.2, 0.25) is 0 Å². The van der Waals surface area contributed by atoms with Gasteiger partial charge in [0.2, 0.25) is 5.91 Å². The number of hydrogen-bond donors (Lipinski definition) is 1. The topological polar surface area (TPSA) is 73.0 Å². The zero-order valence-electron chi connectivity index (χ0n) is 18.6. The van der Waals surface area contributed by atoms with Crippen LogP contribution in [0.3, 0.4) is 0 Å². The summed E-state index contributed by atoms with van der Waals surface area (Å²) in [4.78, 5) is 42.5. The van der Waals surface area contributed by atoms with Crippen LogP contribution < -0.4 is 5.32 Å². The Bertz CT molecular complexity index is 538. The van der Waals surface area contributed by atoms with E-state index in [0.29, 0.717) is 37.8 Å². The van der Waals surface area contributed by atoms with Crippen LogP contribution in [0.15, 0.2) is 0 Å². The molecule has 0 aromatic rings. The Morgan fingerprint density at radius 1 is 1.14 bits per heavy atom. The molecule has 0 radical (unpaired) electrons. The van der Waals surface area contributed by atoms with E-state index >= 15 is 0 Å². The largest absolute Gasteiger partial charge is 1.00 e. The van der Waals surface area contributed by atoms with Gasteiger partial charge in [-0.3, -0.25) is 9.59 Å². The Morgan fingerprint density at radius 3 is 2.39 bits per heavy atom. The number of carbonyl (C=O) groups excluding carboxylic acids is 3. The summed E-state index contributed by atoms with van der Waals surface area (Å²) in [5.41, 5.74) is 0. The van der Waals surface area contributed by atoms with Gasteiger partial charge in [0.25, 0.3) is 0 Å². The first kappa shape index (κ1) is 23.0. The SMILES string of the molecule is CC(=O)SCCN(CCC1CCCC1)C(=O)N[C@@H](C)C(=O)N1CCN(C)CC1.[H+]. The molecule has 1 saturated heterocycles. The lowest BCUT2D eigenvalue weighted by Crippen LogP contribution is -2.55. The van der Waals surface area contributed by atoms with Gasteiger partial charge in [-0.2, -0.15) is 0 Å². The molecule has 2 aliphatic rings. The highest BCUT2D eigenvalue weighted by Crippen LogP contribution is 2.27. The van der Waals surface area contributed by atoms with E-state index in [1.54, 1.807) is 18.7 Å². The highest BCUT2D eigenvalue weighted by Gasteiger charge is 2.26. The molecular formula is C20H37N4O3S+. The minimum Gasteiger partial charge on any atom is -0.338 e. The van der Waals surface area contributed by atoms with Gasteiger partial charge in [0.15, 0.2) is 5.12 Å². The van der Waals surface area contributed by atoms with Crippen LogP contribution in [-0.2, 0) is 9.59 Å². The molecular weight excluding hydrogens is 376 g/mol. The van der Waals surface area contributed by atoms with Gasteiger partial charge in [0, 0.05) is 51.9 Å². The minimum atomic E-state index is -0.537. The third kappa shape index (κ3) is 7.62. The summed E-state index contributed by atoms with van der Waals surface area (Å²) in [5, 5.41) is 2.95. The summed E-state index contributed by atoms with van der Waals surface area (Å²) in [5.74, 6) is 1.27. The maximum atomic E-state index is 12.8. The Labute approximate surface area is 175 Å². The summed E-state index contributed by atoms with van der Waals surface area (Å²) in [6, 6.07) is -0.734. The van der Waals surface area contributed by atoms with Gasteiger partial charge in [0.05, 0.1) is 0 Å². The van der Waals surface area contributed by atoms with Crippen molar-refractivity contribution in [3.05, 3.63) is 0 Å². The van der Waals surface area contributed by atoms with Gasteiger partial charge in [-0.05, 0) is 26.3 Å². The average Bonchev–Trinajstić information content (AvgIpc) is 3.17. The summed E-state index contributed by atoms with van der Waals surface area (Å²) in [6.45, 7) is 7.65. The zero-order chi connectivity index (χ0) is 20.5. The molecule has 0 aromatic heterocycles. The van der Waals surface area contributed by atoms with Gasteiger partial charge in [0.1, 0.15) is 6.04 Å². The lowest BCUT2D eigenvalue weighted by molar-refractivity contribution is -0.134. The Balaban J connectivity index is 0.00000420. The molecule has 1 aliphatic carbocycles. The van der Waals surface area contributed by atoms with Crippen LogP contribution >= 0.6 is 11.8 Å². The Kier molecular flexibility index (Phi) is 9.58. The molecule has 0 bridgehead atoms. The number of rotatable bonds is 8. The maximum Gasteiger partial charge on any atom is 1.00 e. The molecule has 0 unspecified atom stereocenters. The average molecular weight is 414 g/mol. The van der Waals surface area contributed by atoms with Gasteiger partial charge in [-0.25, -0.2) is 4.79 Å². The van der Waals surface area contributed by atoms with E-state index in [1.165, 1.54) is 37.4 Å². The van der Waals surface area contributed by atoms with Crippen molar-refractivity contribution in [3.63, 3.8) is 0 Å². The number of carbonyl (C=O) groups is 3. The van der Waals surface area contributed by atoms with E-state index in [-0.39, 0.29) is 18.5 Å². The highest BCUT2D eigenvalue weighted by atomic mass is 32.2. The Hall–Kier alpha value is -1.28. The van der Waals surface area contributed by atoms with Gasteiger partial charge in [-0.15, -0.1) is 0 Å². The predicted octanol–water partition coefficient (Wildman–Crippen LogP) is 2.13. The van der Waals surface area contributed by atoms with Gasteiger partial charge < -0.3 is 20.0 Å². The molecule has 3 amide bonds. The lowest BCUT2D eigenvalue weighted by Gasteiger charge is -2.34. The maximum absolute atomic E-state index is 12.8. The van der Waals surface area contributed by atoms with Crippen LogP contribution in [0.1, 0.15) is 47.4 Å². The summed E-state index contributed by atoms with van der Waals surface area (Å²) >= 11 is 1.24. The second-order valence-corrected chi connectivity index (χ2v) is 9.34. The van der Waals surface area contributed by atoms with Crippen molar-refractivity contribution in [2.45, 2.75) is 52.0 Å². The molecule has 2 rings (SSSR count). The Morgan fingerprint density at radius 2 is 1.79 bits per heavy atom. The number of piperazine rings is 1. The molecule has 2 fully saturated rings. The minimum absolute atomic E-state index is 0. The number of amides is 3. The van der Waals surface area contributed by atoms with E-state index in [9.17, 15) is 14.4 Å². The number of hydrogen-bond acceptors (Lipinski definition) is 5. The normalized spacial score (nSPS) is 19.5. The standard InChI is InChI=1S/C20H36N4O3S/c1-16(19(26)23-12-10-22(3)11-13-23)21-20(27)24(14-15-28-17(2)25)9-8-18-6-4-5-7-18/h16,18H,4-15H2,1-3H3,(H,21,27)/p+1/t16-/m0/s1. The van der Waals surface area contributed by atoms with Crippen LogP contribution in [0.4, 0.5) is 4.79 Å². The highest BCUT2D eigenvalue weighted by molar-refractivity contribution is 8.13. The second-order valence-electron chi connectivity index (χ2n) is 8.07. The number of thioether (sulfide) groups is 1. The molecule has 1 N–H and O–H groups in total. The van der Waals surface area contributed by atoms with Gasteiger partial charge >= 0.3 is 7.46 Å². The predicted molar refractivity (Wildman–Crippen MR) is 114 cm³/mol. The molecule has 0 aromatic carbocycles. The second kappa shape index (κ2) is 11.7. The monoisotopic (exact) mass is 413 g/mol. The molecule has 7 nitrogen and oxygen atoms in total. The van der Waals surface area contributed by atoms with Crippen molar-refractivity contribution in [2.75, 3.05) is 52.1 Å². The zero-order valence-corrected chi connectivity index (χ0v) is 18.4. The van der Waals surface area contributed by atoms with Crippen molar-refractivity contribution >= 4 is 28.8 Å². The summed E-state index contributed by atoms with van der Waals surface area (Å²) in [6.07, 6.45) is 6.06. The molecule has 1 saturated carbocycles. The molecule has 8 heteroatoms.